The Balaban J connectivity index is 2.30. The van der Waals surface area contributed by atoms with E-state index in [0.29, 0.717) is 5.92 Å². The van der Waals surface area contributed by atoms with Gasteiger partial charge in [0.05, 0.1) is 5.38 Å². The van der Waals surface area contributed by atoms with Gasteiger partial charge in [-0.1, -0.05) is 41.8 Å². The van der Waals surface area contributed by atoms with Crippen LogP contribution in [0.15, 0.2) is 16.6 Å². The van der Waals surface area contributed by atoms with Crippen molar-refractivity contribution in [2.24, 2.45) is 11.8 Å². The first-order chi connectivity index (χ1) is 8.00. The average Bonchev–Trinajstić information content (AvgIpc) is 2.69. The van der Waals surface area contributed by atoms with E-state index in [0.717, 1.165) is 5.92 Å². The van der Waals surface area contributed by atoms with E-state index in [1.807, 2.05) is 0 Å². The molecule has 0 aliphatic heterocycles. The number of halogens is 2. The normalized spacial score (nSPS) is 26.2. The summed E-state index contributed by atoms with van der Waals surface area (Å²) < 4.78 is 1.18. The third-order valence-corrected chi connectivity index (χ3v) is 5.56. The lowest BCUT2D eigenvalue weighted by Crippen LogP contribution is -2.12. The van der Waals surface area contributed by atoms with Gasteiger partial charge < -0.3 is 0 Å². The van der Waals surface area contributed by atoms with Gasteiger partial charge in [-0.25, -0.2) is 0 Å². The summed E-state index contributed by atoms with van der Waals surface area (Å²) in [6.07, 6.45) is 3.95. The van der Waals surface area contributed by atoms with Crippen molar-refractivity contribution in [3.63, 3.8) is 0 Å². The fourth-order valence-electron chi connectivity index (χ4n) is 2.94. The lowest BCUT2D eigenvalue weighted by molar-refractivity contribution is 0.405. The highest BCUT2D eigenvalue weighted by Gasteiger charge is 2.31. The maximum absolute atomic E-state index is 6.72. The predicted molar refractivity (Wildman–Crippen MR) is 78.7 cm³/mol. The van der Waals surface area contributed by atoms with E-state index in [4.69, 9.17) is 11.6 Å². The summed E-state index contributed by atoms with van der Waals surface area (Å²) in [6.45, 7) is 6.64. The molecule has 1 aliphatic rings. The van der Waals surface area contributed by atoms with Crippen LogP contribution in [-0.4, -0.2) is 0 Å². The molecule has 0 bridgehead atoms. The Morgan fingerprint density at radius 1 is 1.24 bits per heavy atom. The van der Waals surface area contributed by atoms with E-state index >= 15 is 0 Å². The molecule has 0 nitrogen and oxygen atoms in total. The van der Waals surface area contributed by atoms with Crippen molar-refractivity contribution < 1.29 is 0 Å². The van der Waals surface area contributed by atoms with Gasteiger partial charge in [0.15, 0.2) is 0 Å². The second-order valence-corrected chi connectivity index (χ2v) is 6.76. The second kappa shape index (κ2) is 5.32. The zero-order valence-electron chi connectivity index (χ0n) is 10.8. The van der Waals surface area contributed by atoms with Crippen molar-refractivity contribution in [1.29, 1.82) is 0 Å². The lowest BCUT2D eigenvalue weighted by Gasteiger charge is -2.24. The van der Waals surface area contributed by atoms with E-state index in [9.17, 15) is 0 Å². The Labute approximate surface area is 118 Å². The minimum Gasteiger partial charge on any atom is -0.118 e. The molecule has 0 spiro atoms. The molecule has 2 rings (SSSR count). The van der Waals surface area contributed by atoms with Crippen LogP contribution in [0.25, 0.3) is 0 Å². The summed E-state index contributed by atoms with van der Waals surface area (Å²) in [5.74, 6) is 1.41. The minimum atomic E-state index is 0.180. The molecule has 1 aliphatic carbocycles. The minimum absolute atomic E-state index is 0.180. The molecule has 0 aromatic heterocycles. The molecule has 1 aromatic rings. The molecule has 0 saturated heterocycles. The van der Waals surface area contributed by atoms with Crippen molar-refractivity contribution in [2.45, 2.75) is 45.4 Å². The van der Waals surface area contributed by atoms with E-state index in [1.165, 1.54) is 40.4 Å². The third-order valence-electron chi connectivity index (χ3n) is 4.15. The van der Waals surface area contributed by atoms with Crippen molar-refractivity contribution in [3.8, 4) is 0 Å². The van der Waals surface area contributed by atoms with Crippen LogP contribution in [0.4, 0.5) is 0 Å². The molecule has 1 saturated carbocycles. The van der Waals surface area contributed by atoms with Crippen LogP contribution in [0.2, 0.25) is 0 Å². The van der Waals surface area contributed by atoms with Crippen LogP contribution in [0.5, 0.6) is 0 Å². The maximum atomic E-state index is 6.72. The third kappa shape index (κ3) is 2.71. The summed E-state index contributed by atoms with van der Waals surface area (Å²) in [5, 5.41) is 0.180. The van der Waals surface area contributed by atoms with E-state index in [2.05, 4.69) is 48.8 Å². The van der Waals surface area contributed by atoms with Gasteiger partial charge in [0, 0.05) is 4.47 Å². The van der Waals surface area contributed by atoms with E-state index < -0.39 is 0 Å². The second-order valence-electron chi connectivity index (χ2n) is 5.43. The first-order valence-electron chi connectivity index (χ1n) is 6.41. The van der Waals surface area contributed by atoms with Crippen molar-refractivity contribution in [1.82, 2.24) is 0 Å². The number of hydrogen-bond acceptors (Lipinski definition) is 0. The maximum Gasteiger partial charge on any atom is 0.0618 e. The fourth-order valence-corrected chi connectivity index (χ4v) is 4.01. The molecule has 3 atom stereocenters. The van der Waals surface area contributed by atoms with Crippen LogP contribution >= 0.6 is 27.5 Å². The SMILES string of the molecule is Cc1cc(C(Cl)C2CCCC2C)c(C)cc1Br. The Morgan fingerprint density at radius 2 is 1.94 bits per heavy atom. The Bertz CT molecular complexity index is 414. The van der Waals surface area contributed by atoms with Gasteiger partial charge >= 0.3 is 0 Å². The summed E-state index contributed by atoms with van der Waals surface area (Å²) in [7, 11) is 0. The van der Waals surface area contributed by atoms with Gasteiger partial charge in [-0.2, -0.15) is 0 Å². The van der Waals surface area contributed by atoms with Crippen LogP contribution in [0.1, 0.15) is 48.3 Å². The Morgan fingerprint density at radius 3 is 2.53 bits per heavy atom. The van der Waals surface area contributed by atoms with Gasteiger partial charge in [-0.3, -0.25) is 0 Å². The van der Waals surface area contributed by atoms with Gasteiger partial charge in [0.25, 0.3) is 0 Å². The molecule has 94 valence electrons. The lowest BCUT2D eigenvalue weighted by atomic mass is 9.88. The molecular weight excluding hydrogens is 296 g/mol. The van der Waals surface area contributed by atoms with Gasteiger partial charge in [-0.15, -0.1) is 11.6 Å². The summed E-state index contributed by atoms with van der Waals surface area (Å²) in [4.78, 5) is 0. The smallest absolute Gasteiger partial charge is 0.0618 e. The van der Waals surface area contributed by atoms with Crippen LogP contribution < -0.4 is 0 Å². The topological polar surface area (TPSA) is 0 Å². The molecule has 0 N–H and O–H groups in total. The molecule has 0 amide bonds. The number of rotatable bonds is 2. The van der Waals surface area contributed by atoms with Crippen LogP contribution in [0, 0.1) is 25.7 Å². The summed E-state index contributed by atoms with van der Waals surface area (Å²) >= 11 is 10.3. The van der Waals surface area contributed by atoms with Gasteiger partial charge in [0.2, 0.25) is 0 Å². The number of aryl methyl sites for hydroxylation is 2. The molecule has 2 heteroatoms. The highest BCUT2D eigenvalue weighted by Crippen LogP contribution is 2.44. The molecule has 0 heterocycles. The zero-order valence-corrected chi connectivity index (χ0v) is 13.1. The molecular formula is C15H20BrCl. The highest BCUT2D eigenvalue weighted by atomic mass is 79.9. The Kier molecular flexibility index (Phi) is 4.20. The fraction of sp³-hybridized carbons (Fsp3) is 0.600. The largest absolute Gasteiger partial charge is 0.118 e. The monoisotopic (exact) mass is 314 g/mol. The van der Waals surface area contributed by atoms with Crippen LogP contribution in [0.3, 0.4) is 0 Å². The van der Waals surface area contributed by atoms with Crippen molar-refractivity contribution in [2.75, 3.05) is 0 Å². The number of hydrogen-bond donors (Lipinski definition) is 0. The molecule has 1 fully saturated rings. The van der Waals surface area contributed by atoms with Gasteiger partial charge in [0.1, 0.15) is 0 Å². The van der Waals surface area contributed by atoms with Crippen molar-refractivity contribution in [3.05, 3.63) is 33.3 Å². The zero-order chi connectivity index (χ0) is 12.6. The highest BCUT2D eigenvalue weighted by molar-refractivity contribution is 9.10. The number of alkyl halides is 1. The summed E-state index contributed by atoms with van der Waals surface area (Å²) in [5.41, 5.74) is 3.91. The van der Waals surface area contributed by atoms with Crippen molar-refractivity contribution >= 4 is 27.5 Å². The standard InChI is InChI=1S/C15H20BrCl/c1-9-5-4-6-12(9)15(17)13-7-11(3)14(16)8-10(13)2/h7-9,12,15H,4-6H2,1-3H3. The Hall–Kier alpha value is -0.0100. The van der Waals surface area contributed by atoms with E-state index in [1.54, 1.807) is 0 Å². The van der Waals surface area contributed by atoms with Gasteiger partial charge in [-0.05, 0) is 54.9 Å². The quantitative estimate of drug-likeness (QED) is 0.607. The molecule has 17 heavy (non-hydrogen) atoms. The molecule has 3 unspecified atom stereocenters. The molecule has 1 aromatic carbocycles. The first-order valence-corrected chi connectivity index (χ1v) is 7.64. The number of benzene rings is 1. The predicted octanol–water partition coefficient (Wildman–Crippen LogP) is 5.78. The first kappa shape index (κ1) is 13.4. The van der Waals surface area contributed by atoms with E-state index in [-0.39, 0.29) is 5.38 Å². The summed E-state index contributed by atoms with van der Waals surface area (Å²) in [6, 6.07) is 4.45. The molecule has 0 radical (unpaired) electrons. The average molecular weight is 316 g/mol. The van der Waals surface area contributed by atoms with Crippen LogP contribution in [-0.2, 0) is 0 Å².